The largest absolute Gasteiger partial charge is 0.500 e. The summed E-state index contributed by atoms with van der Waals surface area (Å²) in [5, 5.41) is 11.8. The first-order chi connectivity index (χ1) is 10.9. The van der Waals surface area contributed by atoms with Crippen molar-refractivity contribution in [1.29, 1.82) is 5.26 Å². The summed E-state index contributed by atoms with van der Waals surface area (Å²) < 4.78 is 10.4. The number of carbonyl (C=O) groups excluding carboxylic acids is 2. The van der Waals surface area contributed by atoms with Crippen molar-refractivity contribution in [2.45, 2.75) is 20.8 Å². The van der Waals surface area contributed by atoms with Gasteiger partial charge in [-0.05, 0) is 19.9 Å². The smallest absolute Gasteiger partial charge is 0.221 e. The molecule has 0 aliphatic heterocycles. The summed E-state index contributed by atoms with van der Waals surface area (Å²) in [6.45, 7) is 5.54. The Hall–Kier alpha value is -2.52. The number of ether oxygens (including phenoxy) is 2. The molecule has 0 radical (unpaired) electrons. The lowest BCUT2D eigenvalue weighted by Crippen LogP contribution is -2.11. The molecule has 1 aromatic rings. The first-order valence-electron chi connectivity index (χ1n) is 6.95. The minimum absolute atomic E-state index is 0.0753. The molecule has 1 rings (SSSR count). The highest BCUT2D eigenvalue weighted by molar-refractivity contribution is 6.35. The Balaban J connectivity index is 3.33. The predicted molar refractivity (Wildman–Crippen MR) is 86.6 cm³/mol. The van der Waals surface area contributed by atoms with E-state index in [2.05, 4.69) is 5.32 Å². The Morgan fingerprint density at radius 1 is 1.35 bits per heavy atom. The Labute approximate surface area is 139 Å². The SMILES string of the molecule is CCO/C=C(\C#N)C(=O)c1cc(NC(C)=O)c(OCC)cc1Cl. The second-order valence-electron chi connectivity index (χ2n) is 4.37. The number of carbonyl (C=O) groups is 2. The van der Waals surface area contributed by atoms with Crippen molar-refractivity contribution in [1.82, 2.24) is 0 Å². The monoisotopic (exact) mass is 336 g/mol. The molecule has 0 aromatic heterocycles. The predicted octanol–water partition coefficient (Wildman–Crippen LogP) is 3.32. The number of nitriles is 1. The van der Waals surface area contributed by atoms with Crippen LogP contribution in [0.15, 0.2) is 24.0 Å². The van der Waals surface area contributed by atoms with Crippen LogP contribution in [0.1, 0.15) is 31.1 Å². The van der Waals surface area contributed by atoms with Gasteiger partial charge in [0, 0.05) is 18.6 Å². The van der Waals surface area contributed by atoms with Gasteiger partial charge in [-0.3, -0.25) is 9.59 Å². The Bertz CT molecular complexity index is 677. The molecule has 0 saturated carbocycles. The van der Waals surface area contributed by atoms with Gasteiger partial charge in [-0.25, -0.2) is 0 Å². The number of halogens is 1. The maximum Gasteiger partial charge on any atom is 0.221 e. The highest BCUT2D eigenvalue weighted by Crippen LogP contribution is 2.33. The van der Waals surface area contributed by atoms with E-state index in [9.17, 15) is 9.59 Å². The molecule has 7 heteroatoms. The molecule has 0 fully saturated rings. The van der Waals surface area contributed by atoms with E-state index in [1.54, 1.807) is 19.9 Å². The number of hydrogen-bond acceptors (Lipinski definition) is 5. The standard InChI is InChI=1S/C16H17ClN2O4/c1-4-22-9-11(8-18)16(21)12-6-14(19-10(3)20)15(23-5-2)7-13(12)17/h6-7,9H,4-5H2,1-3H3,(H,19,20)/b11-9+. The van der Waals surface area contributed by atoms with Crippen LogP contribution in [0.2, 0.25) is 5.02 Å². The molecular formula is C16H17ClN2O4. The fourth-order valence-electron chi connectivity index (χ4n) is 1.73. The van der Waals surface area contributed by atoms with Crippen LogP contribution in [-0.4, -0.2) is 24.9 Å². The van der Waals surface area contributed by atoms with E-state index >= 15 is 0 Å². The molecule has 1 N–H and O–H groups in total. The van der Waals surface area contributed by atoms with Crippen molar-refractivity contribution in [3.8, 4) is 11.8 Å². The van der Waals surface area contributed by atoms with E-state index in [0.29, 0.717) is 24.7 Å². The van der Waals surface area contributed by atoms with Gasteiger partial charge in [0.15, 0.2) is 0 Å². The van der Waals surface area contributed by atoms with Crippen LogP contribution in [0, 0.1) is 11.3 Å². The number of ketones is 1. The van der Waals surface area contributed by atoms with Gasteiger partial charge in [-0.15, -0.1) is 0 Å². The number of benzene rings is 1. The van der Waals surface area contributed by atoms with Crippen LogP contribution in [0.5, 0.6) is 5.75 Å². The zero-order valence-corrected chi connectivity index (χ0v) is 13.9. The van der Waals surface area contributed by atoms with Crippen LogP contribution in [-0.2, 0) is 9.53 Å². The first-order valence-corrected chi connectivity index (χ1v) is 7.32. The lowest BCUT2D eigenvalue weighted by atomic mass is 10.0. The zero-order valence-electron chi connectivity index (χ0n) is 13.1. The first kappa shape index (κ1) is 18.5. The molecule has 1 amide bonds. The van der Waals surface area contributed by atoms with E-state index in [4.69, 9.17) is 26.3 Å². The van der Waals surface area contributed by atoms with Crippen LogP contribution < -0.4 is 10.1 Å². The molecule has 1 aromatic carbocycles. The summed E-state index contributed by atoms with van der Waals surface area (Å²) in [6.07, 6.45) is 1.09. The second kappa shape index (κ2) is 8.81. The molecule has 0 aliphatic carbocycles. The number of rotatable bonds is 7. The second-order valence-corrected chi connectivity index (χ2v) is 4.78. The highest BCUT2D eigenvalue weighted by Gasteiger charge is 2.20. The van der Waals surface area contributed by atoms with Gasteiger partial charge in [-0.1, -0.05) is 11.6 Å². The molecule has 0 bridgehead atoms. The van der Waals surface area contributed by atoms with Gasteiger partial charge in [0.1, 0.15) is 23.7 Å². The average molecular weight is 337 g/mol. The van der Waals surface area contributed by atoms with Gasteiger partial charge in [0.2, 0.25) is 11.7 Å². The quantitative estimate of drug-likeness (QED) is 0.357. The van der Waals surface area contributed by atoms with E-state index in [0.717, 1.165) is 6.26 Å². The van der Waals surface area contributed by atoms with Crippen LogP contribution in [0.25, 0.3) is 0 Å². The van der Waals surface area contributed by atoms with Crippen molar-refractivity contribution in [2.24, 2.45) is 0 Å². The number of hydrogen-bond donors (Lipinski definition) is 1. The molecule has 122 valence electrons. The Morgan fingerprint density at radius 2 is 2.04 bits per heavy atom. The maximum absolute atomic E-state index is 12.4. The fraction of sp³-hybridized carbons (Fsp3) is 0.312. The van der Waals surface area contributed by atoms with Crippen LogP contribution in [0.4, 0.5) is 5.69 Å². The van der Waals surface area contributed by atoms with Crippen LogP contribution >= 0.6 is 11.6 Å². The van der Waals surface area contributed by atoms with E-state index < -0.39 is 5.78 Å². The van der Waals surface area contributed by atoms with Gasteiger partial charge in [-0.2, -0.15) is 5.26 Å². The fourth-order valence-corrected chi connectivity index (χ4v) is 1.97. The summed E-state index contributed by atoms with van der Waals surface area (Å²) in [5.74, 6) is -0.575. The number of anilines is 1. The number of nitrogens with zero attached hydrogens (tertiary/aromatic N) is 1. The van der Waals surface area contributed by atoms with Gasteiger partial charge < -0.3 is 14.8 Å². The van der Waals surface area contributed by atoms with E-state index in [-0.39, 0.29) is 22.1 Å². The normalized spacial score (nSPS) is 10.7. The topological polar surface area (TPSA) is 88.4 Å². The average Bonchev–Trinajstić information content (AvgIpc) is 2.50. The van der Waals surface area contributed by atoms with Gasteiger partial charge in [0.25, 0.3) is 0 Å². The summed E-state index contributed by atoms with van der Waals surface area (Å²) >= 11 is 6.11. The molecule has 6 nitrogen and oxygen atoms in total. The third kappa shape index (κ3) is 5.01. The zero-order chi connectivity index (χ0) is 17.4. The minimum Gasteiger partial charge on any atom is -0.500 e. The number of allylic oxidation sites excluding steroid dienone is 1. The summed E-state index contributed by atoms with van der Waals surface area (Å²) in [7, 11) is 0. The lowest BCUT2D eigenvalue weighted by molar-refractivity contribution is -0.114. The van der Waals surface area contributed by atoms with Gasteiger partial charge in [0.05, 0.1) is 23.9 Å². The number of nitrogens with one attached hydrogen (secondary N) is 1. The molecule has 0 unspecified atom stereocenters. The third-order valence-corrected chi connectivity index (χ3v) is 2.97. The molecule has 0 heterocycles. The molecule has 0 spiro atoms. The summed E-state index contributed by atoms with van der Waals surface area (Å²) in [5.41, 5.74) is 0.193. The molecule has 0 saturated heterocycles. The Kier molecular flexibility index (Phi) is 7.10. The molecule has 23 heavy (non-hydrogen) atoms. The highest BCUT2D eigenvalue weighted by atomic mass is 35.5. The number of amides is 1. The summed E-state index contributed by atoms with van der Waals surface area (Å²) in [6, 6.07) is 4.58. The molecule has 0 aliphatic rings. The van der Waals surface area contributed by atoms with Gasteiger partial charge >= 0.3 is 0 Å². The molecular weight excluding hydrogens is 320 g/mol. The van der Waals surface area contributed by atoms with E-state index in [1.165, 1.54) is 19.1 Å². The van der Waals surface area contributed by atoms with Crippen molar-refractivity contribution in [2.75, 3.05) is 18.5 Å². The summed E-state index contributed by atoms with van der Waals surface area (Å²) in [4.78, 5) is 23.7. The van der Waals surface area contributed by atoms with Crippen molar-refractivity contribution in [3.63, 3.8) is 0 Å². The van der Waals surface area contributed by atoms with Crippen LogP contribution in [0.3, 0.4) is 0 Å². The minimum atomic E-state index is -0.597. The Morgan fingerprint density at radius 3 is 2.57 bits per heavy atom. The molecule has 0 atom stereocenters. The van der Waals surface area contributed by atoms with Crippen molar-refractivity contribution < 1.29 is 19.1 Å². The van der Waals surface area contributed by atoms with E-state index in [1.807, 2.05) is 0 Å². The lowest BCUT2D eigenvalue weighted by Gasteiger charge is -2.13. The number of Topliss-reactive ketones (excluding diaryl/α,β-unsaturated/α-hetero) is 1. The maximum atomic E-state index is 12.4. The van der Waals surface area contributed by atoms with Crippen molar-refractivity contribution >= 4 is 29.0 Å². The van der Waals surface area contributed by atoms with Crippen molar-refractivity contribution in [3.05, 3.63) is 34.6 Å². The third-order valence-electron chi connectivity index (χ3n) is 2.66.